The van der Waals surface area contributed by atoms with Gasteiger partial charge >= 0.3 is 0 Å². The van der Waals surface area contributed by atoms with E-state index in [9.17, 15) is 0 Å². The highest BCUT2D eigenvalue weighted by atomic mass is 14.4. The molecule has 0 aliphatic rings. The monoisotopic (exact) mass is 402 g/mol. The van der Waals surface area contributed by atoms with Crippen molar-refractivity contribution in [2.24, 2.45) is 16.2 Å². The quantitative estimate of drug-likeness (QED) is 0.122. The van der Waals surface area contributed by atoms with Crippen LogP contribution < -0.4 is 0 Å². The molecule has 0 aromatic heterocycles. The van der Waals surface area contributed by atoms with Gasteiger partial charge in [-0.05, 0) is 61.2 Å². The van der Waals surface area contributed by atoms with Crippen molar-refractivity contribution in [3.8, 4) is 0 Å². The maximum absolute atomic E-state index is 4.46. The third kappa shape index (κ3) is 12.8. The van der Waals surface area contributed by atoms with Gasteiger partial charge in [0.2, 0.25) is 0 Å². The summed E-state index contributed by atoms with van der Waals surface area (Å²) in [5.74, 6) is 0. The van der Waals surface area contributed by atoms with Gasteiger partial charge in [0, 0.05) is 0 Å². The Morgan fingerprint density at radius 3 is 1.72 bits per heavy atom. The predicted octanol–water partition coefficient (Wildman–Crippen LogP) is 9.32. The highest BCUT2D eigenvalue weighted by molar-refractivity contribution is 6.08. The van der Waals surface area contributed by atoms with Crippen molar-refractivity contribution in [2.75, 3.05) is 0 Å². The van der Waals surface area contributed by atoms with Crippen molar-refractivity contribution in [2.45, 2.75) is 138 Å². The van der Waals surface area contributed by atoms with Gasteiger partial charge in [0.05, 0.1) is 0 Å². The molecular formula is C28H55B. The van der Waals surface area contributed by atoms with Gasteiger partial charge < -0.3 is 0 Å². The van der Waals surface area contributed by atoms with Crippen LogP contribution in [0.25, 0.3) is 0 Å². The Bertz CT molecular complexity index is 467. The number of hydrogen-bond acceptors (Lipinski definition) is 0. The summed E-state index contributed by atoms with van der Waals surface area (Å²) in [6, 6.07) is 0. The zero-order valence-electron chi connectivity index (χ0n) is 21.8. The van der Waals surface area contributed by atoms with Gasteiger partial charge in [-0.2, -0.15) is 0 Å². The Morgan fingerprint density at radius 2 is 1.17 bits per heavy atom. The van der Waals surface area contributed by atoms with Crippen LogP contribution in [0.3, 0.4) is 0 Å². The Labute approximate surface area is 186 Å². The minimum absolute atomic E-state index is 0.327. The number of unbranched alkanes of at least 4 members (excludes halogenated alkanes) is 4. The van der Waals surface area contributed by atoms with Crippen molar-refractivity contribution in [3.05, 3.63) is 24.3 Å². The fourth-order valence-corrected chi connectivity index (χ4v) is 4.57. The number of rotatable bonds is 18. The van der Waals surface area contributed by atoms with Crippen molar-refractivity contribution < 1.29 is 0 Å². The van der Waals surface area contributed by atoms with Crippen LogP contribution >= 0.6 is 0 Å². The van der Waals surface area contributed by atoms with E-state index in [0.29, 0.717) is 16.2 Å². The summed E-state index contributed by atoms with van der Waals surface area (Å²) in [5, 5.41) is 0. The van der Waals surface area contributed by atoms with E-state index in [4.69, 9.17) is 0 Å². The molecule has 0 rings (SSSR count). The fourth-order valence-electron chi connectivity index (χ4n) is 4.57. The molecule has 0 amide bonds. The normalized spacial score (nSPS) is 12.9. The van der Waals surface area contributed by atoms with Crippen molar-refractivity contribution in [1.82, 2.24) is 0 Å². The molecular weight excluding hydrogens is 347 g/mol. The van der Waals surface area contributed by atoms with Crippen molar-refractivity contribution in [1.29, 1.82) is 0 Å². The van der Waals surface area contributed by atoms with E-state index in [2.05, 4.69) is 69.5 Å². The lowest BCUT2D eigenvalue weighted by Gasteiger charge is -2.43. The molecule has 0 unspecified atom stereocenters. The summed E-state index contributed by atoms with van der Waals surface area (Å²) < 4.78 is 0. The molecule has 0 bridgehead atoms. The second-order valence-corrected chi connectivity index (χ2v) is 11.9. The van der Waals surface area contributed by atoms with E-state index in [-0.39, 0.29) is 0 Å². The summed E-state index contributed by atoms with van der Waals surface area (Å²) in [4.78, 5) is 0. The van der Waals surface area contributed by atoms with Crippen LogP contribution in [0.1, 0.15) is 132 Å². The Kier molecular flexibility index (Phi) is 13.6. The van der Waals surface area contributed by atoms with E-state index >= 15 is 0 Å². The predicted molar refractivity (Wildman–Crippen MR) is 139 cm³/mol. The van der Waals surface area contributed by atoms with Crippen LogP contribution in [-0.4, -0.2) is 7.85 Å². The van der Waals surface area contributed by atoms with Gasteiger partial charge in [-0.1, -0.05) is 118 Å². The average molecular weight is 403 g/mol. The highest BCUT2D eigenvalue weighted by Gasteiger charge is 2.36. The molecule has 0 aliphatic carbocycles. The van der Waals surface area contributed by atoms with Gasteiger partial charge in [0.1, 0.15) is 7.85 Å². The molecule has 0 nitrogen and oxygen atoms in total. The molecule has 0 atom stereocenters. The minimum Gasteiger partial charge on any atom is -0.0998 e. The van der Waals surface area contributed by atoms with Crippen LogP contribution in [0.2, 0.25) is 6.32 Å². The van der Waals surface area contributed by atoms with E-state index < -0.39 is 0 Å². The highest BCUT2D eigenvalue weighted by Crippen LogP contribution is 2.47. The number of allylic oxidation sites excluding steroid dienone is 2. The molecule has 0 radical (unpaired) electrons. The first-order valence-electron chi connectivity index (χ1n) is 12.7. The smallest absolute Gasteiger partial charge is 0.0998 e. The maximum Gasteiger partial charge on any atom is 0.101 e. The average Bonchev–Trinajstić information content (AvgIpc) is 2.58. The Hall–Kier alpha value is -0.455. The molecule has 0 N–H and O–H groups in total. The lowest BCUT2D eigenvalue weighted by molar-refractivity contribution is 0.0940. The van der Waals surface area contributed by atoms with Crippen LogP contribution in [0, 0.1) is 16.2 Å². The largest absolute Gasteiger partial charge is 0.101 e. The third-order valence-electron chi connectivity index (χ3n) is 7.43. The van der Waals surface area contributed by atoms with Gasteiger partial charge in [0.25, 0.3) is 0 Å². The minimum atomic E-state index is 0.327. The maximum atomic E-state index is 4.46. The van der Waals surface area contributed by atoms with Crippen LogP contribution in [0.15, 0.2) is 24.3 Å². The van der Waals surface area contributed by atoms with E-state index in [1.54, 1.807) is 0 Å². The molecule has 0 fully saturated rings. The first kappa shape index (κ1) is 28.5. The Balaban J connectivity index is 4.26. The molecule has 1 heteroatoms. The van der Waals surface area contributed by atoms with Crippen LogP contribution in [0.4, 0.5) is 0 Å². The summed E-state index contributed by atoms with van der Waals surface area (Å²) in [6.07, 6.45) is 18.0. The van der Waals surface area contributed by atoms with Crippen molar-refractivity contribution >= 4 is 7.85 Å². The van der Waals surface area contributed by atoms with Crippen LogP contribution in [0.5, 0.6) is 0 Å². The summed E-state index contributed by atoms with van der Waals surface area (Å²) in [6.45, 7) is 25.8. The van der Waals surface area contributed by atoms with E-state index in [1.165, 1.54) is 101 Å². The lowest BCUT2D eigenvalue weighted by Crippen LogP contribution is -2.33. The summed E-state index contributed by atoms with van der Waals surface area (Å²) in [5.41, 5.74) is 4.02. The molecule has 0 saturated carbocycles. The molecule has 0 heterocycles. The first-order valence-corrected chi connectivity index (χ1v) is 12.7. The van der Waals surface area contributed by atoms with Gasteiger partial charge in [-0.3, -0.25) is 0 Å². The molecule has 0 aliphatic heterocycles. The van der Waals surface area contributed by atoms with Gasteiger partial charge in [-0.25, -0.2) is 0 Å². The molecule has 29 heavy (non-hydrogen) atoms. The Morgan fingerprint density at radius 1 is 0.655 bits per heavy atom. The zero-order valence-corrected chi connectivity index (χ0v) is 21.8. The topological polar surface area (TPSA) is 0 Å². The third-order valence-corrected chi connectivity index (χ3v) is 7.43. The first-order chi connectivity index (χ1) is 13.4. The lowest BCUT2D eigenvalue weighted by atomic mass is 9.62. The summed E-state index contributed by atoms with van der Waals surface area (Å²) in [7, 11) is 2.27. The van der Waals surface area contributed by atoms with Crippen LogP contribution in [-0.2, 0) is 0 Å². The molecule has 0 saturated heterocycles. The molecule has 0 spiro atoms. The molecule has 0 aromatic carbocycles. The molecule has 0 aromatic rings. The SMILES string of the molecule is BCCCCC(=C)CC(C)(C)CCCCC(=C)CC(C)(C)C(C)(C)CCCCC. The number of hydrogen-bond donors (Lipinski definition) is 0. The van der Waals surface area contributed by atoms with Gasteiger partial charge in [0.15, 0.2) is 0 Å². The fraction of sp³-hybridized carbons (Fsp3) is 0.857. The standard InChI is InChI=1S/C28H55B/c1-10-11-14-20-27(6,7)28(8,9)23-25(3)17-12-15-19-26(4,5)22-24(2)18-13-16-21-29/h2-3,10-23,29H2,1,4-9H3. The van der Waals surface area contributed by atoms with Crippen molar-refractivity contribution in [3.63, 3.8) is 0 Å². The molecule has 170 valence electrons. The van der Waals surface area contributed by atoms with E-state index in [1.807, 2.05) is 0 Å². The van der Waals surface area contributed by atoms with Gasteiger partial charge in [-0.15, -0.1) is 0 Å². The second-order valence-electron chi connectivity index (χ2n) is 11.9. The van der Waals surface area contributed by atoms with E-state index in [0.717, 1.165) is 0 Å². The summed E-state index contributed by atoms with van der Waals surface area (Å²) >= 11 is 0. The second kappa shape index (κ2) is 13.8. The zero-order chi connectivity index (χ0) is 22.6.